The maximum Gasteiger partial charge on any atom is 0.0564 e. The second kappa shape index (κ2) is 5.30. The first-order valence-electron chi connectivity index (χ1n) is 6.13. The molecule has 3 nitrogen and oxygen atoms in total. The Labute approximate surface area is 97.9 Å². The van der Waals surface area contributed by atoms with Crippen LogP contribution in [-0.2, 0) is 6.54 Å². The fraction of sp³-hybridized carbons (Fsp3) is 0.615. The van der Waals surface area contributed by atoms with E-state index in [2.05, 4.69) is 28.2 Å². The van der Waals surface area contributed by atoms with Crippen molar-refractivity contribution in [1.29, 1.82) is 0 Å². The van der Waals surface area contributed by atoms with Gasteiger partial charge in [0.05, 0.1) is 5.69 Å². The van der Waals surface area contributed by atoms with Crippen LogP contribution in [0.1, 0.15) is 25.5 Å². The van der Waals surface area contributed by atoms with E-state index in [1.165, 1.54) is 31.6 Å². The molecule has 0 unspecified atom stereocenters. The fourth-order valence-corrected chi connectivity index (χ4v) is 2.17. The van der Waals surface area contributed by atoms with Crippen molar-refractivity contribution in [2.24, 2.45) is 5.92 Å². The number of pyridine rings is 1. The minimum absolute atomic E-state index is 0.896. The molecule has 2 heterocycles. The van der Waals surface area contributed by atoms with E-state index in [1.54, 1.807) is 0 Å². The van der Waals surface area contributed by atoms with Crippen LogP contribution in [0.25, 0.3) is 0 Å². The Balaban J connectivity index is 1.93. The van der Waals surface area contributed by atoms with Crippen molar-refractivity contribution in [3.63, 3.8) is 0 Å². The third-order valence-electron chi connectivity index (χ3n) is 3.37. The van der Waals surface area contributed by atoms with E-state index < -0.39 is 0 Å². The number of nitrogens with zero attached hydrogens (tertiary/aromatic N) is 2. The molecule has 3 heteroatoms. The summed E-state index contributed by atoms with van der Waals surface area (Å²) in [7, 11) is 1.95. The lowest BCUT2D eigenvalue weighted by molar-refractivity contribution is 0.183. The summed E-state index contributed by atoms with van der Waals surface area (Å²) in [4.78, 5) is 6.92. The zero-order valence-corrected chi connectivity index (χ0v) is 10.2. The lowest BCUT2D eigenvalue weighted by Gasteiger charge is -2.29. The monoisotopic (exact) mass is 219 g/mol. The van der Waals surface area contributed by atoms with Gasteiger partial charge in [-0.05, 0) is 44.0 Å². The minimum Gasteiger partial charge on any atom is -0.388 e. The van der Waals surface area contributed by atoms with Gasteiger partial charge in [0.1, 0.15) is 0 Å². The van der Waals surface area contributed by atoms with Gasteiger partial charge in [0.25, 0.3) is 0 Å². The molecule has 0 saturated carbocycles. The summed E-state index contributed by atoms with van der Waals surface area (Å²) in [6.07, 6.45) is 4.53. The molecule has 1 aliphatic rings. The molecular weight excluding hydrogens is 198 g/mol. The van der Waals surface area contributed by atoms with Crippen LogP contribution in [-0.4, -0.2) is 30.0 Å². The number of anilines is 1. The van der Waals surface area contributed by atoms with Gasteiger partial charge in [0.2, 0.25) is 0 Å². The first kappa shape index (κ1) is 11.4. The van der Waals surface area contributed by atoms with E-state index in [-0.39, 0.29) is 0 Å². The molecule has 1 aromatic heterocycles. The first-order chi connectivity index (χ1) is 7.78. The van der Waals surface area contributed by atoms with Crippen molar-refractivity contribution < 1.29 is 0 Å². The average Bonchev–Trinajstić information content (AvgIpc) is 2.32. The van der Waals surface area contributed by atoms with Crippen molar-refractivity contribution in [3.8, 4) is 0 Å². The molecule has 1 N–H and O–H groups in total. The SMILES string of the molecule is CNc1ccnc(CN2CCC(C)CC2)c1. The Morgan fingerprint density at radius 3 is 2.88 bits per heavy atom. The predicted octanol–water partition coefficient (Wildman–Crippen LogP) is 2.36. The summed E-state index contributed by atoms with van der Waals surface area (Å²) < 4.78 is 0. The Morgan fingerprint density at radius 1 is 1.44 bits per heavy atom. The molecule has 0 bridgehead atoms. The molecule has 88 valence electrons. The predicted molar refractivity (Wildman–Crippen MR) is 67.5 cm³/mol. The van der Waals surface area contributed by atoms with Crippen LogP contribution in [0.5, 0.6) is 0 Å². The molecule has 16 heavy (non-hydrogen) atoms. The number of aromatic nitrogens is 1. The molecule has 1 aliphatic heterocycles. The molecular formula is C13H21N3. The van der Waals surface area contributed by atoms with Gasteiger partial charge >= 0.3 is 0 Å². The lowest BCUT2D eigenvalue weighted by atomic mass is 9.99. The summed E-state index contributed by atoms with van der Waals surface area (Å²) >= 11 is 0. The highest BCUT2D eigenvalue weighted by molar-refractivity contribution is 5.42. The summed E-state index contributed by atoms with van der Waals surface area (Å²) in [5.74, 6) is 0.896. The average molecular weight is 219 g/mol. The van der Waals surface area contributed by atoms with Gasteiger partial charge in [0.15, 0.2) is 0 Å². The van der Waals surface area contributed by atoms with Gasteiger partial charge in [-0.2, -0.15) is 0 Å². The van der Waals surface area contributed by atoms with Crippen LogP contribution < -0.4 is 5.32 Å². The second-order valence-electron chi connectivity index (χ2n) is 4.74. The van der Waals surface area contributed by atoms with Crippen LogP contribution in [0.4, 0.5) is 5.69 Å². The zero-order chi connectivity index (χ0) is 11.4. The van der Waals surface area contributed by atoms with Crippen molar-refractivity contribution in [3.05, 3.63) is 24.0 Å². The third-order valence-corrected chi connectivity index (χ3v) is 3.37. The Bertz CT molecular complexity index is 330. The highest BCUT2D eigenvalue weighted by atomic mass is 15.1. The van der Waals surface area contributed by atoms with E-state index in [9.17, 15) is 0 Å². The van der Waals surface area contributed by atoms with Crippen molar-refractivity contribution in [2.75, 3.05) is 25.5 Å². The van der Waals surface area contributed by atoms with Crippen LogP contribution >= 0.6 is 0 Å². The van der Waals surface area contributed by atoms with Crippen molar-refractivity contribution in [1.82, 2.24) is 9.88 Å². The molecule has 1 fully saturated rings. The van der Waals surface area contributed by atoms with Crippen LogP contribution in [0, 0.1) is 5.92 Å². The van der Waals surface area contributed by atoms with E-state index in [1.807, 2.05) is 19.3 Å². The molecule has 1 aromatic rings. The van der Waals surface area contributed by atoms with E-state index in [4.69, 9.17) is 0 Å². The number of rotatable bonds is 3. The second-order valence-corrected chi connectivity index (χ2v) is 4.74. The molecule has 0 spiro atoms. The van der Waals surface area contributed by atoms with Gasteiger partial charge in [-0.25, -0.2) is 0 Å². The number of hydrogen-bond acceptors (Lipinski definition) is 3. The summed E-state index contributed by atoms with van der Waals surface area (Å²) in [6.45, 7) is 5.76. The highest BCUT2D eigenvalue weighted by Crippen LogP contribution is 2.18. The first-order valence-corrected chi connectivity index (χ1v) is 6.13. The molecule has 0 atom stereocenters. The van der Waals surface area contributed by atoms with Crippen LogP contribution in [0.3, 0.4) is 0 Å². The summed E-state index contributed by atoms with van der Waals surface area (Å²) in [5.41, 5.74) is 2.32. The van der Waals surface area contributed by atoms with Crippen LogP contribution in [0.15, 0.2) is 18.3 Å². The smallest absolute Gasteiger partial charge is 0.0564 e. The van der Waals surface area contributed by atoms with E-state index in [0.29, 0.717) is 0 Å². The van der Waals surface area contributed by atoms with E-state index >= 15 is 0 Å². The van der Waals surface area contributed by atoms with Crippen molar-refractivity contribution in [2.45, 2.75) is 26.3 Å². The normalized spacial score (nSPS) is 18.6. The van der Waals surface area contributed by atoms with Gasteiger partial charge in [-0.15, -0.1) is 0 Å². The Hall–Kier alpha value is -1.09. The number of nitrogens with one attached hydrogen (secondary N) is 1. The van der Waals surface area contributed by atoms with Crippen molar-refractivity contribution >= 4 is 5.69 Å². The highest BCUT2D eigenvalue weighted by Gasteiger charge is 2.15. The fourth-order valence-electron chi connectivity index (χ4n) is 2.17. The zero-order valence-electron chi connectivity index (χ0n) is 10.2. The molecule has 0 amide bonds. The van der Waals surface area contributed by atoms with Crippen LogP contribution in [0.2, 0.25) is 0 Å². The summed E-state index contributed by atoms with van der Waals surface area (Å²) in [5, 5.41) is 3.15. The number of piperidine rings is 1. The largest absolute Gasteiger partial charge is 0.388 e. The molecule has 0 radical (unpaired) electrons. The maximum atomic E-state index is 4.42. The summed E-state index contributed by atoms with van der Waals surface area (Å²) in [6, 6.07) is 4.14. The number of likely N-dealkylation sites (tertiary alicyclic amines) is 1. The standard InChI is InChI=1S/C13H21N3/c1-11-4-7-16(8-5-11)10-13-9-12(14-2)3-6-15-13/h3,6,9,11H,4-5,7-8,10H2,1-2H3,(H,14,15). The molecule has 2 rings (SSSR count). The molecule has 0 aromatic carbocycles. The van der Waals surface area contributed by atoms with E-state index in [0.717, 1.165) is 18.2 Å². The maximum absolute atomic E-state index is 4.42. The Kier molecular flexibility index (Phi) is 3.78. The topological polar surface area (TPSA) is 28.2 Å². The quantitative estimate of drug-likeness (QED) is 0.846. The molecule has 0 aliphatic carbocycles. The van der Waals surface area contributed by atoms with Gasteiger partial charge in [0, 0.05) is 25.5 Å². The Morgan fingerprint density at radius 2 is 2.19 bits per heavy atom. The molecule has 1 saturated heterocycles. The van der Waals surface area contributed by atoms with Gasteiger partial charge < -0.3 is 5.32 Å². The third kappa shape index (κ3) is 2.95. The van der Waals surface area contributed by atoms with Gasteiger partial charge in [-0.3, -0.25) is 9.88 Å². The lowest BCUT2D eigenvalue weighted by Crippen LogP contribution is -2.32. The minimum atomic E-state index is 0.896. The van der Waals surface area contributed by atoms with Gasteiger partial charge in [-0.1, -0.05) is 6.92 Å². The number of hydrogen-bond donors (Lipinski definition) is 1.